The average molecular weight is 285 g/mol. The highest BCUT2D eigenvalue weighted by Gasteiger charge is 2.30. The summed E-state index contributed by atoms with van der Waals surface area (Å²) >= 11 is 0. The van der Waals surface area contributed by atoms with Gasteiger partial charge in [0, 0.05) is 17.8 Å². The first-order valence-corrected chi connectivity index (χ1v) is 5.84. The summed E-state index contributed by atoms with van der Waals surface area (Å²) in [5, 5.41) is 2.24. The van der Waals surface area contributed by atoms with Crippen LogP contribution in [0.2, 0.25) is 0 Å². The van der Waals surface area contributed by atoms with Gasteiger partial charge in [-0.25, -0.2) is 4.98 Å². The Labute approximate surface area is 114 Å². The molecule has 1 amide bonds. The number of carbonyl (C=O) groups is 1. The Morgan fingerprint density at radius 3 is 2.70 bits per heavy atom. The highest BCUT2D eigenvalue weighted by atomic mass is 19.4. The largest absolute Gasteiger partial charge is 0.391 e. The van der Waals surface area contributed by atoms with Gasteiger partial charge in [0.05, 0.1) is 13.0 Å². The summed E-state index contributed by atoms with van der Waals surface area (Å²) in [6, 6.07) is 1.94. The van der Waals surface area contributed by atoms with Crippen LogP contribution in [0, 0.1) is 11.8 Å². The topological polar surface area (TPSA) is 68.0 Å². The molecule has 0 aliphatic carbocycles. The van der Waals surface area contributed by atoms with Crippen molar-refractivity contribution in [3.05, 3.63) is 29.6 Å². The molecule has 1 heterocycles. The first-order valence-electron chi connectivity index (χ1n) is 5.84. The number of amides is 1. The fourth-order valence-electron chi connectivity index (χ4n) is 1.45. The molecule has 1 unspecified atom stereocenters. The molecule has 0 aliphatic heterocycles. The number of hydrogen-bond acceptors (Lipinski definition) is 3. The minimum absolute atomic E-state index is 0.0392. The van der Waals surface area contributed by atoms with Crippen molar-refractivity contribution in [1.29, 1.82) is 0 Å². The molecule has 1 aromatic heterocycles. The van der Waals surface area contributed by atoms with E-state index in [1.54, 1.807) is 6.07 Å². The third-order valence-corrected chi connectivity index (χ3v) is 2.25. The number of pyridine rings is 1. The lowest BCUT2D eigenvalue weighted by Gasteiger charge is -2.15. The second-order valence-corrected chi connectivity index (χ2v) is 4.13. The van der Waals surface area contributed by atoms with Gasteiger partial charge in [0.25, 0.3) is 5.91 Å². The van der Waals surface area contributed by atoms with Crippen LogP contribution in [0.1, 0.15) is 29.4 Å². The highest BCUT2D eigenvalue weighted by molar-refractivity contribution is 5.92. The van der Waals surface area contributed by atoms with E-state index in [4.69, 9.17) is 5.73 Å². The van der Waals surface area contributed by atoms with Gasteiger partial charge in [-0.3, -0.25) is 4.79 Å². The predicted octanol–water partition coefficient (Wildman–Crippen LogP) is 1.46. The molecule has 108 valence electrons. The average Bonchev–Trinajstić information content (AvgIpc) is 2.34. The molecule has 7 heteroatoms. The number of nitrogens with zero attached hydrogens (tertiary/aromatic N) is 1. The molecule has 1 rings (SSSR count). The molecule has 1 atom stereocenters. The smallest absolute Gasteiger partial charge is 0.348 e. The summed E-state index contributed by atoms with van der Waals surface area (Å²) in [4.78, 5) is 15.5. The Hall–Kier alpha value is -2.07. The zero-order chi connectivity index (χ0) is 15.2. The molecule has 20 heavy (non-hydrogen) atoms. The number of hydrogen-bond donors (Lipinski definition) is 2. The first-order chi connectivity index (χ1) is 9.31. The van der Waals surface area contributed by atoms with Crippen LogP contribution in [0.15, 0.2) is 18.3 Å². The fraction of sp³-hybridized carbons (Fsp3) is 0.385. The molecule has 0 fully saturated rings. The number of nitrogens with one attached hydrogen (secondary N) is 1. The maximum Gasteiger partial charge on any atom is 0.391 e. The number of rotatable bonds is 3. The van der Waals surface area contributed by atoms with Crippen LogP contribution in [0.4, 0.5) is 13.2 Å². The van der Waals surface area contributed by atoms with Crippen LogP contribution in [-0.4, -0.2) is 29.7 Å². The van der Waals surface area contributed by atoms with Gasteiger partial charge >= 0.3 is 6.18 Å². The third-order valence-electron chi connectivity index (χ3n) is 2.25. The minimum atomic E-state index is -4.32. The van der Waals surface area contributed by atoms with Gasteiger partial charge in [-0.05, 0) is 19.1 Å². The van der Waals surface area contributed by atoms with Gasteiger partial charge in [-0.2, -0.15) is 13.2 Å². The monoisotopic (exact) mass is 285 g/mol. The van der Waals surface area contributed by atoms with Crippen molar-refractivity contribution in [1.82, 2.24) is 10.3 Å². The van der Waals surface area contributed by atoms with Gasteiger partial charge in [-0.15, -0.1) is 0 Å². The SMILES string of the molecule is CC(CC(F)(F)F)NC(=O)c1ccc(C#CCN)cn1. The number of halogens is 3. The van der Waals surface area contributed by atoms with Crippen molar-refractivity contribution in [3.8, 4) is 11.8 Å². The van der Waals surface area contributed by atoms with Gasteiger partial charge in [0.2, 0.25) is 0 Å². The van der Waals surface area contributed by atoms with E-state index in [0.29, 0.717) is 5.56 Å². The Morgan fingerprint density at radius 2 is 2.20 bits per heavy atom. The van der Waals surface area contributed by atoms with Crippen LogP contribution in [0.25, 0.3) is 0 Å². The quantitative estimate of drug-likeness (QED) is 0.826. The lowest BCUT2D eigenvalue weighted by atomic mass is 10.2. The van der Waals surface area contributed by atoms with Crippen molar-refractivity contribution in [2.45, 2.75) is 25.6 Å². The molecule has 0 spiro atoms. The van der Waals surface area contributed by atoms with Crippen molar-refractivity contribution in [2.75, 3.05) is 6.54 Å². The van der Waals surface area contributed by atoms with E-state index in [2.05, 4.69) is 22.1 Å². The minimum Gasteiger partial charge on any atom is -0.348 e. The maximum atomic E-state index is 12.1. The van der Waals surface area contributed by atoms with E-state index < -0.39 is 24.5 Å². The molecule has 4 nitrogen and oxygen atoms in total. The zero-order valence-electron chi connectivity index (χ0n) is 10.8. The van der Waals surface area contributed by atoms with Crippen molar-refractivity contribution in [3.63, 3.8) is 0 Å². The number of alkyl halides is 3. The summed E-state index contributed by atoms with van der Waals surface area (Å²) in [5.41, 5.74) is 5.83. The lowest BCUT2D eigenvalue weighted by Crippen LogP contribution is -2.36. The summed E-state index contributed by atoms with van der Waals surface area (Å²) in [7, 11) is 0. The molecule has 0 saturated carbocycles. The molecular weight excluding hydrogens is 271 g/mol. The normalized spacial score (nSPS) is 12.2. The van der Waals surface area contributed by atoms with Gasteiger partial charge in [0.1, 0.15) is 5.69 Å². The van der Waals surface area contributed by atoms with E-state index in [-0.39, 0.29) is 12.2 Å². The second-order valence-electron chi connectivity index (χ2n) is 4.13. The molecular formula is C13H14F3N3O. The van der Waals surface area contributed by atoms with Crippen LogP contribution in [-0.2, 0) is 0 Å². The van der Waals surface area contributed by atoms with Crippen LogP contribution < -0.4 is 11.1 Å². The molecule has 0 aliphatic rings. The van der Waals surface area contributed by atoms with E-state index in [9.17, 15) is 18.0 Å². The summed E-state index contributed by atoms with van der Waals surface area (Å²) in [6.45, 7) is 1.49. The van der Waals surface area contributed by atoms with Crippen molar-refractivity contribution >= 4 is 5.91 Å². The summed E-state index contributed by atoms with van der Waals surface area (Å²) in [6.07, 6.45) is -4.04. The zero-order valence-corrected chi connectivity index (χ0v) is 10.8. The Balaban J connectivity index is 2.64. The number of aromatic nitrogens is 1. The highest BCUT2D eigenvalue weighted by Crippen LogP contribution is 2.21. The van der Waals surface area contributed by atoms with E-state index >= 15 is 0 Å². The Morgan fingerprint density at radius 1 is 1.50 bits per heavy atom. The van der Waals surface area contributed by atoms with Gasteiger partial charge in [-0.1, -0.05) is 11.8 Å². The molecule has 0 aromatic carbocycles. The number of carbonyl (C=O) groups excluding carboxylic acids is 1. The molecule has 1 aromatic rings. The summed E-state index contributed by atoms with van der Waals surface area (Å²) in [5.74, 6) is 4.70. The Bertz CT molecular complexity index is 514. The third kappa shape index (κ3) is 5.71. The van der Waals surface area contributed by atoms with Crippen LogP contribution in [0.5, 0.6) is 0 Å². The van der Waals surface area contributed by atoms with E-state index in [0.717, 1.165) is 0 Å². The fourth-order valence-corrected chi connectivity index (χ4v) is 1.45. The predicted molar refractivity (Wildman–Crippen MR) is 67.8 cm³/mol. The van der Waals surface area contributed by atoms with Gasteiger partial charge in [0.15, 0.2) is 0 Å². The second kappa shape index (κ2) is 6.91. The van der Waals surface area contributed by atoms with E-state index in [1.807, 2.05) is 0 Å². The van der Waals surface area contributed by atoms with Gasteiger partial charge < -0.3 is 11.1 Å². The molecule has 3 N–H and O–H groups in total. The molecule has 0 radical (unpaired) electrons. The number of nitrogens with two attached hydrogens (primary N) is 1. The van der Waals surface area contributed by atoms with E-state index in [1.165, 1.54) is 19.2 Å². The standard InChI is InChI=1S/C13H14F3N3O/c1-9(7-13(14,15)16)19-12(20)11-5-4-10(8-18-11)3-2-6-17/h4-5,8-9H,6-7,17H2,1H3,(H,19,20). The van der Waals surface area contributed by atoms with Crippen molar-refractivity contribution < 1.29 is 18.0 Å². The van der Waals surface area contributed by atoms with Crippen LogP contribution >= 0.6 is 0 Å². The van der Waals surface area contributed by atoms with Crippen molar-refractivity contribution in [2.24, 2.45) is 5.73 Å². The molecule has 0 bridgehead atoms. The first kappa shape index (κ1) is 16.0. The maximum absolute atomic E-state index is 12.1. The lowest BCUT2D eigenvalue weighted by molar-refractivity contribution is -0.138. The van der Waals surface area contributed by atoms with Crippen LogP contribution in [0.3, 0.4) is 0 Å². The molecule has 0 saturated heterocycles. The summed E-state index contributed by atoms with van der Waals surface area (Å²) < 4.78 is 36.4. The Kier molecular flexibility index (Phi) is 5.53.